The van der Waals surface area contributed by atoms with E-state index in [1.807, 2.05) is 110 Å². The molecule has 2 N–H and O–H groups in total. The molecule has 0 amide bonds. The van der Waals surface area contributed by atoms with E-state index in [1.165, 1.54) is 11.1 Å². The van der Waals surface area contributed by atoms with Crippen LogP contribution in [0.4, 0.5) is 11.4 Å². The first-order chi connectivity index (χ1) is 21.6. The first-order valence-corrected chi connectivity index (χ1v) is 15.1. The van der Waals surface area contributed by atoms with Crippen LogP contribution >= 0.6 is 0 Å². The number of rotatable bonds is 6. The van der Waals surface area contributed by atoms with Crippen molar-refractivity contribution in [2.75, 3.05) is 9.80 Å². The smallest absolute Gasteiger partial charge is 0.171 e. The summed E-state index contributed by atoms with van der Waals surface area (Å²) in [6, 6.07) is 36.8. The number of hydrogen-bond acceptors (Lipinski definition) is 5. The molecule has 0 bridgehead atoms. The van der Waals surface area contributed by atoms with Gasteiger partial charge in [0, 0.05) is 53.9 Å². The molecule has 1 fully saturated rings. The number of aliphatic hydroxyl groups excluding tert-OH is 2. The standard InChI is InChI=1S/C39H34N2O3/c42-37-33(23-29-19-21-40(25-27-11-3-1-4-12-27)35-17-9-7-15-31(29)35)38(43)39(44)34(37)24-30-20-22-41(26-28-13-5-2-6-14-28)36-18-10-8-16-32(30)36/h1-24,33-34,37-38,42-43H,25-26H2/b29-23-,30-24-. The number of ketones is 1. The highest BCUT2D eigenvalue weighted by Gasteiger charge is 2.47. The van der Waals surface area contributed by atoms with Crippen LogP contribution in [0.15, 0.2) is 146 Å². The first-order valence-electron chi connectivity index (χ1n) is 15.1. The highest BCUT2D eigenvalue weighted by Crippen LogP contribution is 2.40. The third-order valence-electron chi connectivity index (χ3n) is 8.79. The number of hydrogen-bond donors (Lipinski definition) is 2. The van der Waals surface area contributed by atoms with Crippen molar-refractivity contribution >= 4 is 28.3 Å². The minimum atomic E-state index is -1.29. The third kappa shape index (κ3) is 5.32. The van der Waals surface area contributed by atoms with E-state index >= 15 is 0 Å². The molecular weight excluding hydrogens is 544 g/mol. The van der Waals surface area contributed by atoms with E-state index in [2.05, 4.69) is 46.2 Å². The summed E-state index contributed by atoms with van der Waals surface area (Å²) in [5.41, 5.74) is 8.21. The summed E-state index contributed by atoms with van der Waals surface area (Å²) >= 11 is 0. The zero-order valence-electron chi connectivity index (χ0n) is 24.3. The molecule has 0 radical (unpaired) electrons. The topological polar surface area (TPSA) is 64.0 Å². The Morgan fingerprint density at radius 3 is 1.57 bits per heavy atom. The van der Waals surface area contributed by atoms with E-state index in [-0.39, 0.29) is 5.78 Å². The monoisotopic (exact) mass is 578 g/mol. The van der Waals surface area contributed by atoms with Gasteiger partial charge in [0.1, 0.15) is 6.10 Å². The van der Waals surface area contributed by atoms with Crippen LogP contribution in [0.3, 0.4) is 0 Å². The summed E-state index contributed by atoms with van der Waals surface area (Å²) < 4.78 is 0. The molecule has 2 aliphatic heterocycles. The van der Waals surface area contributed by atoms with Gasteiger partial charge in [-0.2, -0.15) is 0 Å². The maximum absolute atomic E-state index is 13.4. The van der Waals surface area contributed by atoms with Gasteiger partial charge in [0.05, 0.1) is 12.0 Å². The van der Waals surface area contributed by atoms with Crippen LogP contribution in [0.2, 0.25) is 0 Å². The number of para-hydroxylation sites is 2. The summed E-state index contributed by atoms with van der Waals surface area (Å²) in [5, 5.41) is 22.6. The van der Waals surface area contributed by atoms with Gasteiger partial charge in [-0.15, -0.1) is 0 Å². The Hall–Kier alpha value is -4.97. The molecule has 4 atom stereocenters. The van der Waals surface area contributed by atoms with E-state index in [1.54, 1.807) is 0 Å². The molecule has 7 rings (SSSR count). The number of aliphatic hydroxyl groups is 2. The van der Waals surface area contributed by atoms with Crippen LogP contribution in [0.25, 0.3) is 11.1 Å². The molecule has 1 aliphatic carbocycles. The van der Waals surface area contributed by atoms with Gasteiger partial charge >= 0.3 is 0 Å². The second kappa shape index (κ2) is 12.0. The number of nitrogens with zero attached hydrogens (tertiary/aromatic N) is 2. The predicted molar refractivity (Wildman–Crippen MR) is 176 cm³/mol. The normalized spacial score (nSPS) is 24.2. The molecule has 44 heavy (non-hydrogen) atoms. The molecule has 4 aromatic carbocycles. The molecule has 4 aromatic rings. The number of carbonyl (C=O) groups is 1. The second-order valence-electron chi connectivity index (χ2n) is 11.6. The summed E-state index contributed by atoms with van der Waals surface area (Å²) in [7, 11) is 0. The maximum Gasteiger partial charge on any atom is 0.171 e. The lowest BCUT2D eigenvalue weighted by Gasteiger charge is -2.29. The zero-order valence-corrected chi connectivity index (χ0v) is 24.3. The SMILES string of the molecule is O=C1C(O)C(/C=C2/C=CN(Cc3ccccc3)c3ccccc32)C(O)C1/C=C1/C=CN(Cc2ccccc2)c2ccccc21. The van der Waals surface area contributed by atoms with Crippen molar-refractivity contribution in [3.63, 3.8) is 0 Å². The van der Waals surface area contributed by atoms with Crippen molar-refractivity contribution in [3.05, 3.63) is 168 Å². The van der Waals surface area contributed by atoms with E-state index in [0.29, 0.717) is 0 Å². The van der Waals surface area contributed by atoms with Crippen LogP contribution in [-0.4, -0.2) is 28.2 Å². The van der Waals surface area contributed by atoms with Crippen molar-refractivity contribution in [3.8, 4) is 0 Å². The Morgan fingerprint density at radius 1 is 0.591 bits per heavy atom. The molecule has 0 saturated heterocycles. The van der Waals surface area contributed by atoms with Gasteiger partial charge in [0.25, 0.3) is 0 Å². The largest absolute Gasteiger partial charge is 0.391 e. The molecule has 2 heterocycles. The summed E-state index contributed by atoms with van der Waals surface area (Å²) in [5.74, 6) is -1.91. The van der Waals surface area contributed by atoms with Gasteiger partial charge in [-0.3, -0.25) is 4.79 Å². The molecule has 5 heteroatoms. The Bertz CT molecular complexity index is 1790. The van der Waals surface area contributed by atoms with Gasteiger partial charge in [-0.05, 0) is 46.6 Å². The van der Waals surface area contributed by atoms with Crippen LogP contribution < -0.4 is 9.80 Å². The van der Waals surface area contributed by atoms with Gasteiger partial charge < -0.3 is 20.0 Å². The quantitative estimate of drug-likeness (QED) is 0.265. The van der Waals surface area contributed by atoms with Crippen LogP contribution in [0, 0.1) is 11.8 Å². The fourth-order valence-electron chi connectivity index (χ4n) is 6.50. The Balaban J connectivity index is 1.16. The molecular formula is C39H34N2O3. The molecule has 1 saturated carbocycles. The van der Waals surface area contributed by atoms with Crippen molar-refractivity contribution in [1.29, 1.82) is 0 Å². The number of allylic oxidation sites excluding steroid dienone is 4. The first kappa shape index (κ1) is 27.8. The van der Waals surface area contributed by atoms with E-state index in [0.717, 1.165) is 46.7 Å². The molecule has 0 spiro atoms. The Morgan fingerprint density at radius 2 is 1.05 bits per heavy atom. The van der Waals surface area contributed by atoms with E-state index in [9.17, 15) is 15.0 Å². The van der Waals surface area contributed by atoms with Crippen LogP contribution in [-0.2, 0) is 17.9 Å². The van der Waals surface area contributed by atoms with Gasteiger partial charge in [-0.1, -0.05) is 109 Å². The third-order valence-corrected chi connectivity index (χ3v) is 8.79. The highest BCUT2D eigenvalue weighted by molar-refractivity contribution is 5.95. The van der Waals surface area contributed by atoms with Crippen molar-refractivity contribution in [1.82, 2.24) is 0 Å². The lowest BCUT2D eigenvalue weighted by atomic mass is 9.90. The highest BCUT2D eigenvalue weighted by atomic mass is 16.3. The lowest BCUT2D eigenvalue weighted by molar-refractivity contribution is -0.127. The molecule has 0 aromatic heterocycles. The van der Waals surface area contributed by atoms with Gasteiger partial charge in [-0.25, -0.2) is 0 Å². The van der Waals surface area contributed by atoms with E-state index < -0.39 is 24.0 Å². The summed E-state index contributed by atoms with van der Waals surface area (Å²) in [6.07, 6.45) is 9.40. The molecule has 5 nitrogen and oxygen atoms in total. The summed E-state index contributed by atoms with van der Waals surface area (Å²) in [4.78, 5) is 17.8. The second-order valence-corrected chi connectivity index (χ2v) is 11.6. The number of anilines is 2. The predicted octanol–water partition coefficient (Wildman–Crippen LogP) is 6.76. The van der Waals surface area contributed by atoms with Crippen molar-refractivity contribution < 1.29 is 15.0 Å². The molecule has 218 valence electrons. The maximum atomic E-state index is 13.4. The molecule has 3 aliphatic rings. The van der Waals surface area contributed by atoms with E-state index in [4.69, 9.17) is 0 Å². The molecule has 4 unspecified atom stereocenters. The fourth-order valence-corrected chi connectivity index (χ4v) is 6.50. The lowest BCUT2D eigenvalue weighted by Crippen LogP contribution is -2.24. The van der Waals surface area contributed by atoms with Crippen molar-refractivity contribution in [2.24, 2.45) is 11.8 Å². The minimum absolute atomic E-state index is 0.358. The van der Waals surface area contributed by atoms with Gasteiger partial charge in [0.2, 0.25) is 0 Å². The van der Waals surface area contributed by atoms with Crippen LogP contribution in [0.1, 0.15) is 22.3 Å². The Labute approximate surface area is 258 Å². The number of Topliss-reactive ketones (excluding diaryl/α,β-unsaturated/α-hetero) is 1. The average molecular weight is 579 g/mol. The van der Waals surface area contributed by atoms with Gasteiger partial charge in [0.15, 0.2) is 5.78 Å². The summed E-state index contributed by atoms with van der Waals surface area (Å²) in [6.45, 7) is 1.45. The van der Waals surface area contributed by atoms with Crippen LogP contribution in [0.5, 0.6) is 0 Å². The number of fused-ring (bicyclic) bond motifs is 2. The fraction of sp³-hybridized carbons (Fsp3) is 0.154. The number of benzene rings is 4. The minimum Gasteiger partial charge on any atom is -0.391 e. The average Bonchev–Trinajstić information content (AvgIpc) is 3.26. The zero-order chi connectivity index (χ0) is 30.0. The number of carbonyl (C=O) groups excluding carboxylic acids is 1. The van der Waals surface area contributed by atoms with Crippen molar-refractivity contribution in [2.45, 2.75) is 25.3 Å². The Kier molecular flexibility index (Phi) is 7.57.